The van der Waals surface area contributed by atoms with E-state index in [0.717, 1.165) is 5.69 Å². The molecule has 1 aromatic carbocycles. The van der Waals surface area contributed by atoms with Crippen LogP contribution in [0.4, 0.5) is 5.69 Å². The van der Waals surface area contributed by atoms with Crippen molar-refractivity contribution in [2.45, 2.75) is 25.9 Å². The summed E-state index contributed by atoms with van der Waals surface area (Å²) < 4.78 is 23.6. The van der Waals surface area contributed by atoms with E-state index in [1.165, 1.54) is 5.56 Å². The number of amides is 1. The number of carbonyl (C=O) groups excluding carboxylic acids is 1. The highest BCUT2D eigenvalue weighted by Gasteiger charge is 2.34. The Labute approximate surface area is 160 Å². The molecule has 144 valence electrons. The summed E-state index contributed by atoms with van der Waals surface area (Å²) >= 11 is 0. The summed E-state index contributed by atoms with van der Waals surface area (Å²) in [7, 11) is -1.08. The quantitative estimate of drug-likeness (QED) is 0.761. The van der Waals surface area contributed by atoms with Crippen LogP contribution in [-0.2, 0) is 16.4 Å². The second-order valence-corrected chi connectivity index (χ2v) is 9.15. The molecule has 2 heterocycles. The molecule has 1 atom stereocenters. The van der Waals surface area contributed by atoms with Gasteiger partial charge in [0, 0.05) is 32.4 Å². The highest BCUT2D eigenvalue weighted by molar-refractivity contribution is 7.91. The standard InChI is InChI=1S/C20H25N3O3S/c1-3-23(18-9-10-27(25,26)15-18)20(24)17-11-19(13-21-12-17)22(2)14-16-7-5-4-6-8-16/h4-8,11-13,18H,3,9-10,14-15H2,1-2H3. The Morgan fingerprint density at radius 2 is 1.96 bits per heavy atom. The fraction of sp³-hybridized carbons (Fsp3) is 0.400. The van der Waals surface area contributed by atoms with Gasteiger partial charge in [-0.3, -0.25) is 9.78 Å². The average molecular weight is 388 g/mol. The fourth-order valence-corrected chi connectivity index (χ4v) is 5.19. The van der Waals surface area contributed by atoms with Gasteiger partial charge < -0.3 is 9.80 Å². The molecule has 1 aliphatic heterocycles. The molecule has 0 saturated carbocycles. The third-order valence-electron chi connectivity index (χ3n) is 4.92. The summed E-state index contributed by atoms with van der Waals surface area (Å²) in [6, 6.07) is 11.7. The molecule has 3 rings (SSSR count). The van der Waals surface area contributed by atoms with Crippen LogP contribution in [0, 0.1) is 0 Å². The minimum absolute atomic E-state index is 0.0492. The summed E-state index contributed by atoms with van der Waals surface area (Å²) in [6.07, 6.45) is 3.78. The molecule has 1 fully saturated rings. The molecule has 2 aromatic rings. The molecule has 0 radical (unpaired) electrons. The third-order valence-corrected chi connectivity index (χ3v) is 6.68. The molecule has 1 saturated heterocycles. The maximum atomic E-state index is 13.0. The Bertz CT molecular complexity index is 900. The summed E-state index contributed by atoms with van der Waals surface area (Å²) in [4.78, 5) is 20.9. The van der Waals surface area contributed by atoms with Gasteiger partial charge in [-0.15, -0.1) is 0 Å². The van der Waals surface area contributed by atoms with E-state index < -0.39 is 9.84 Å². The van der Waals surface area contributed by atoms with E-state index in [4.69, 9.17) is 0 Å². The van der Waals surface area contributed by atoms with Crippen molar-refractivity contribution in [3.8, 4) is 0 Å². The summed E-state index contributed by atoms with van der Waals surface area (Å²) in [6.45, 7) is 3.06. The van der Waals surface area contributed by atoms with E-state index in [1.807, 2.05) is 43.1 Å². The van der Waals surface area contributed by atoms with Crippen molar-refractivity contribution >= 4 is 21.4 Å². The zero-order valence-electron chi connectivity index (χ0n) is 15.7. The topological polar surface area (TPSA) is 70.6 Å². The summed E-state index contributed by atoms with van der Waals surface area (Å²) in [5.41, 5.74) is 2.50. The molecular weight excluding hydrogens is 362 g/mol. The molecule has 0 spiro atoms. The van der Waals surface area contributed by atoms with Crippen molar-refractivity contribution in [3.05, 3.63) is 59.9 Å². The number of carbonyl (C=O) groups is 1. The number of anilines is 1. The zero-order valence-corrected chi connectivity index (χ0v) is 16.5. The lowest BCUT2D eigenvalue weighted by Crippen LogP contribution is -2.41. The number of sulfone groups is 1. The Balaban J connectivity index is 1.76. The maximum Gasteiger partial charge on any atom is 0.255 e. The van der Waals surface area contributed by atoms with E-state index in [-0.39, 0.29) is 23.5 Å². The van der Waals surface area contributed by atoms with Crippen LogP contribution < -0.4 is 4.90 Å². The van der Waals surface area contributed by atoms with Crippen LogP contribution in [0.3, 0.4) is 0 Å². The number of pyridine rings is 1. The zero-order chi connectivity index (χ0) is 19.4. The highest BCUT2D eigenvalue weighted by Crippen LogP contribution is 2.22. The van der Waals surface area contributed by atoms with E-state index in [1.54, 1.807) is 17.3 Å². The first-order valence-electron chi connectivity index (χ1n) is 9.11. The second-order valence-electron chi connectivity index (χ2n) is 6.92. The number of hydrogen-bond donors (Lipinski definition) is 0. The second kappa shape index (κ2) is 8.08. The molecule has 0 bridgehead atoms. The van der Waals surface area contributed by atoms with Gasteiger partial charge in [0.05, 0.1) is 29.0 Å². The first-order valence-corrected chi connectivity index (χ1v) is 10.9. The predicted molar refractivity (Wildman–Crippen MR) is 107 cm³/mol. The van der Waals surface area contributed by atoms with Gasteiger partial charge >= 0.3 is 0 Å². The number of rotatable bonds is 6. The summed E-state index contributed by atoms with van der Waals surface area (Å²) in [5.74, 6) is 0.0368. The molecule has 1 aliphatic rings. The van der Waals surface area contributed by atoms with E-state index >= 15 is 0 Å². The van der Waals surface area contributed by atoms with Crippen LogP contribution in [0.15, 0.2) is 48.8 Å². The SMILES string of the molecule is CCN(C(=O)c1cncc(N(C)Cc2ccccc2)c1)C1CCS(=O)(=O)C1. The smallest absolute Gasteiger partial charge is 0.255 e. The van der Waals surface area contributed by atoms with Crippen LogP contribution >= 0.6 is 0 Å². The largest absolute Gasteiger partial charge is 0.369 e. The normalized spacial score (nSPS) is 18.2. The van der Waals surface area contributed by atoms with Crippen LogP contribution in [0.5, 0.6) is 0 Å². The molecule has 1 amide bonds. The summed E-state index contributed by atoms with van der Waals surface area (Å²) in [5, 5.41) is 0. The first kappa shape index (κ1) is 19.4. The Hall–Kier alpha value is -2.41. The van der Waals surface area contributed by atoms with Crippen LogP contribution in [0.1, 0.15) is 29.3 Å². The average Bonchev–Trinajstić information content (AvgIpc) is 3.02. The molecule has 1 aromatic heterocycles. The molecule has 27 heavy (non-hydrogen) atoms. The molecule has 0 N–H and O–H groups in total. The maximum absolute atomic E-state index is 13.0. The van der Waals surface area contributed by atoms with Gasteiger partial charge in [0.15, 0.2) is 9.84 Å². The van der Waals surface area contributed by atoms with Gasteiger partial charge in [-0.1, -0.05) is 30.3 Å². The van der Waals surface area contributed by atoms with Gasteiger partial charge in [0.2, 0.25) is 0 Å². The highest BCUT2D eigenvalue weighted by atomic mass is 32.2. The molecule has 1 unspecified atom stereocenters. The lowest BCUT2D eigenvalue weighted by atomic mass is 10.1. The molecule has 0 aliphatic carbocycles. The van der Waals surface area contributed by atoms with Gasteiger partial charge in [0.25, 0.3) is 5.91 Å². The van der Waals surface area contributed by atoms with Crippen molar-refractivity contribution < 1.29 is 13.2 Å². The van der Waals surface area contributed by atoms with E-state index in [2.05, 4.69) is 17.1 Å². The Kier molecular flexibility index (Phi) is 5.79. The van der Waals surface area contributed by atoms with Crippen molar-refractivity contribution in [1.29, 1.82) is 0 Å². The molecular formula is C20H25N3O3S. The Morgan fingerprint density at radius 3 is 2.59 bits per heavy atom. The van der Waals surface area contributed by atoms with Crippen LogP contribution in [0.2, 0.25) is 0 Å². The van der Waals surface area contributed by atoms with Crippen molar-refractivity contribution in [2.24, 2.45) is 0 Å². The van der Waals surface area contributed by atoms with Crippen LogP contribution in [0.25, 0.3) is 0 Å². The predicted octanol–water partition coefficient (Wildman–Crippen LogP) is 2.37. The minimum atomic E-state index is -3.04. The minimum Gasteiger partial charge on any atom is -0.369 e. The number of hydrogen-bond acceptors (Lipinski definition) is 5. The van der Waals surface area contributed by atoms with Crippen molar-refractivity contribution in [3.63, 3.8) is 0 Å². The van der Waals surface area contributed by atoms with Crippen LogP contribution in [-0.4, -0.2) is 55.3 Å². The molecule has 7 heteroatoms. The number of aromatic nitrogens is 1. The third kappa shape index (κ3) is 4.66. The first-order chi connectivity index (χ1) is 12.9. The van der Waals surface area contributed by atoms with Gasteiger partial charge in [-0.25, -0.2) is 8.42 Å². The number of nitrogens with zero attached hydrogens (tertiary/aromatic N) is 3. The van der Waals surface area contributed by atoms with E-state index in [0.29, 0.717) is 25.1 Å². The number of benzene rings is 1. The lowest BCUT2D eigenvalue weighted by molar-refractivity contribution is 0.0708. The van der Waals surface area contributed by atoms with Gasteiger partial charge in [0.1, 0.15) is 0 Å². The van der Waals surface area contributed by atoms with Gasteiger partial charge in [-0.2, -0.15) is 0 Å². The van der Waals surface area contributed by atoms with Crippen molar-refractivity contribution in [2.75, 3.05) is 30.0 Å². The van der Waals surface area contributed by atoms with E-state index in [9.17, 15) is 13.2 Å². The monoisotopic (exact) mass is 387 g/mol. The fourth-order valence-electron chi connectivity index (χ4n) is 3.46. The van der Waals surface area contributed by atoms with Gasteiger partial charge in [-0.05, 0) is 25.0 Å². The molecule has 6 nitrogen and oxygen atoms in total. The van der Waals surface area contributed by atoms with Crippen molar-refractivity contribution in [1.82, 2.24) is 9.88 Å². The lowest BCUT2D eigenvalue weighted by Gasteiger charge is -2.27. The Morgan fingerprint density at radius 1 is 1.22 bits per heavy atom.